The fourth-order valence-corrected chi connectivity index (χ4v) is 5.22. The normalized spacial score (nSPS) is 16.3. The molecule has 7 heteroatoms. The van der Waals surface area contributed by atoms with Crippen molar-refractivity contribution in [2.24, 2.45) is 7.05 Å². The third-order valence-corrected chi connectivity index (χ3v) is 7.33. The molecule has 0 fully saturated rings. The second-order valence-electron chi connectivity index (χ2n) is 9.04. The van der Waals surface area contributed by atoms with Crippen LogP contribution in [0.1, 0.15) is 32.6 Å². The molecule has 6 rings (SSSR count). The van der Waals surface area contributed by atoms with Gasteiger partial charge in [0.2, 0.25) is 5.78 Å². The summed E-state index contributed by atoms with van der Waals surface area (Å²) < 4.78 is 14.4. The van der Waals surface area contributed by atoms with Crippen LogP contribution in [0.3, 0.4) is 0 Å². The Morgan fingerprint density at radius 1 is 1.09 bits per heavy atom. The molecule has 176 valence electrons. The molecule has 3 heterocycles. The molecule has 5 nitrogen and oxygen atoms in total. The van der Waals surface area contributed by atoms with Gasteiger partial charge >= 0.3 is 0 Å². The van der Waals surface area contributed by atoms with Gasteiger partial charge in [-0.05, 0) is 48.4 Å². The molecule has 0 radical (unpaired) electrons. The first-order valence-electron chi connectivity index (χ1n) is 11.3. The maximum absolute atomic E-state index is 13.4. The number of aryl methyl sites for hydroxylation is 2. The summed E-state index contributed by atoms with van der Waals surface area (Å²) in [6.45, 7) is 3.57. The number of carbonyl (C=O) groups excluding carboxylic acids is 1. The van der Waals surface area contributed by atoms with E-state index in [1.54, 1.807) is 6.07 Å². The second-order valence-corrected chi connectivity index (χ2v) is 9.85. The zero-order valence-electron chi connectivity index (χ0n) is 19.3. The fourth-order valence-electron chi connectivity index (χ4n) is 4.90. The number of carbonyl (C=O) groups is 1. The number of benzene rings is 3. The van der Waals surface area contributed by atoms with Crippen molar-refractivity contribution >= 4 is 46.0 Å². The van der Waals surface area contributed by atoms with Crippen molar-refractivity contribution in [2.75, 3.05) is 6.73 Å². The van der Waals surface area contributed by atoms with Crippen molar-refractivity contribution in [3.63, 3.8) is 0 Å². The number of fused-ring (bicyclic) bond motifs is 4. The molecular formula is C28H22Cl2N2O3. The van der Waals surface area contributed by atoms with Gasteiger partial charge in [-0.1, -0.05) is 47.5 Å². The van der Waals surface area contributed by atoms with E-state index in [9.17, 15) is 4.79 Å². The Labute approximate surface area is 213 Å². The van der Waals surface area contributed by atoms with Gasteiger partial charge in [0.25, 0.3) is 0 Å². The van der Waals surface area contributed by atoms with Gasteiger partial charge in [-0.3, -0.25) is 9.69 Å². The summed E-state index contributed by atoms with van der Waals surface area (Å²) in [5.74, 6) is 1.57. The predicted molar refractivity (Wildman–Crippen MR) is 138 cm³/mol. The summed E-state index contributed by atoms with van der Waals surface area (Å²) >= 11 is 12.3. The lowest BCUT2D eigenvalue weighted by molar-refractivity contribution is 0.0872. The maximum atomic E-state index is 13.4. The molecule has 0 aliphatic carbocycles. The summed E-state index contributed by atoms with van der Waals surface area (Å²) in [4.78, 5) is 15.5. The lowest BCUT2D eigenvalue weighted by atomic mass is 9.98. The summed E-state index contributed by atoms with van der Waals surface area (Å²) in [5.41, 5.74) is 5.42. The highest BCUT2D eigenvalue weighted by molar-refractivity contribution is 6.42. The fraction of sp³-hybridized carbons (Fsp3) is 0.179. The number of aromatic nitrogens is 1. The standard InChI is InChI=1S/C28H22Cl2N2O3/c1-16-9-24-20(14-32(15-34-24)12-17-7-8-21(29)22(30)10-17)28-26(16)27(33)25(35-28)11-18-13-31(2)23-6-4-3-5-19(18)23/h3-11,13H,12,14-15H2,1-2H3/b25-11-. The predicted octanol–water partition coefficient (Wildman–Crippen LogP) is 6.76. The van der Waals surface area contributed by atoms with E-state index in [0.717, 1.165) is 38.9 Å². The molecular weight excluding hydrogens is 483 g/mol. The SMILES string of the molecule is Cc1cc2c(c3c1C(=O)/C(=C/c1cn(C)c4ccccc14)O3)CN(Cc1ccc(Cl)c(Cl)c1)CO2. The third-order valence-electron chi connectivity index (χ3n) is 6.59. The number of allylic oxidation sites excluding steroid dienone is 1. The van der Waals surface area contributed by atoms with Crippen molar-refractivity contribution in [1.82, 2.24) is 9.47 Å². The molecule has 0 bridgehead atoms. The monoisotopic (exact) mass is 504 g/mol. The van der Waals surface area contributed by atoms with Gasteiger partial charge in [0.1, 0.15) is 18.2 Å². The van der Waals surface area contributed by atoms with Gasteiger partial charge in [-0.15, -0.1) is 0 Å². The van der Waals surface area contributed by atoms with Gasteiger partial charge in [-0.25, -0.2) is 0 Å². The van der Waals surface area contributed by atoms with E-state index in [2.05, 4.69) is 21.6 Å². The first kappa shape index (κ1) is 22.2. The van der Waals surface area contributed by atoms with E-state index >= 15 is 0 Å². The Bertz CT molecular complexity index is 1550. The van der Waals surface area contributed by atoms with E-state index in [1.165, 1.54) is 0 Å². The lowest BCUT2D eigenvalue weighted by Crippen LogP contribution is -2.31. The Morgan fingerprint density at radius 2 is 1.91 bits per heavy atom. The molecule has 0 saturated heterocycles. The smallest absolute Gasteiger partial charge is 0.232 e. The van der Waals surface area contributed by atoms with E-state index in [0.29, 0.717) is 46.9 Å². The van der Waals surface area contributed by atoms with Crippen LogP contribution in [0.2, 0.25) is 10.0 Å². The molecule has 2 aliphatic heterocycles. The number of ketones is 1. The van der Waals surface area contributed by atoms with Gasteiger partial charge in [0.05, 0.1) is 21.2 Å². The minimum Gasteiger partial charge on any atom is -0.478 e. The summed E-state index contributed by atoms with van der Waals surface area (Å²) in [6.07, 6.45) is 3.86. The topological polar surface area (TPSA) is 43.7 Å². The van der Waals surface area contributed by atoms with E-state index < -0.39 is 0 Å². The highest BCUT2D eigenvalue weighted by atomic mass is 35.5. The number of hydrogen-bond acceptors (Lipinski definition) is 4. The maximum Gasteiger partial charge on any atom is 0.232 e. The first-order chi connectivity index (χ1) is 16.9. The highest BCUT2D eigenvalue weighted by Crippen LogP contribution is 2.44. The lowest BCUT2D eigenvalue weighted by Gasteiger charge is -2.30. The largest absolute Gasteiger partial charge is 0.478 e. The molecule has 1 aromatic heterocycles. The van der Waals surface area contributed by atoms with Crippen molar-refractivity contribution in [3.05, 3.63) is 98.3 Å². The average molecular weight is 505 g/mol. The first-order valence-corrected chi connectivity index (χ1v) is 12.1. The van der Waals surface area contributed by atoms with Crippen LogP contribution in [-0.2, 0) is 20.1 Å². The van der Waals surface area contributed by atoms with Crippen LogP contribution in [0.25, 0.3) is 17.0 Å². The Hall–Kier alpha value is -3.25. The molecule has 3 aromatic carbocycles. The van der Waals surface area contributed by atoms with E-state index in [1.807, 2.05) is 56.6 Å². The van der Waals surface area contributed by atoms with Crippen LogP contribution in [0.15, 0.2) is 60.5 Å². The number of halogens is 2. The summed E-state index contributed by atoms with van der Waals surface area (Å²) in [5, 5.41) is 2.13. The number of Topliss-reactive ketones (excluding diaryl/α,β-unsaturated/α-hetero) is 1. The molecule has 0 N–H and O–H groups in total. The summed E-state index contributed by atoms with van der Waals surface area (Å²) in [6, 6.07) is 15.7. The Balaban J connectivity index is 1.34. The highest BCUT2D eigenvalue weighted by Gasteiger charge is 2.35. The van der Waals surface area contributed by atoms with Crippen molar-refractivity contribution < 1.29 is 14.3 Å². The van der Waals surface area contributed by atoms with Gasteiger partial charge < -0.3 is 14.0 Å². The third kappa shape index (κ3) is 3.80. The number of hydrogen-bond donors (Lipinski definition) is 0. The van der Waals surface area contributed by atoms with E-state index in [4.69, 9.17) is 32.7 Å². The molecule has 0 atom stereocenters. The van der Waals surface area contributed by atoms with Crippen LogP contribution in [0.5, 0.6) is 11.5 Å². The zero-order valence-corrected chi connectivity index (χ0v) is 20.8. The minimum atomic E-state index is -0.102. The number of nitrogens with zero attached hydrogens (tertiary/aromatic N) is 2. The van der Waals surface area contributed by atoms with Gasteiger partial charge in [0.15, 0.2) is 5.76 Å². The molecule has 0 amide bonds. The van der Waals surface area contributed by atoms with Crippen LogP contribution in [0.4, 0.5) is 0 Å². The molecule has 4 aromatic rings. The summed E-state index contributed by atoms with van der Waals surface area (Å²) in [7, 11) is 2.00. The molecule has 35 heavy (non-hydrogen) atoms. The van der Waals surface area contributed by atoms with Crippen molar-refractivity contribution in [2.45, 2.75) is 20.0 Å². The molecule has 0 saturated carbocycles. The van der Waals surface area contributed by atoms with Gasteiger partial charge in [-0.2, -0.15) is 0 Å². The average Bonchev–Trinajstić information content (AvgIpc) is 3.34. The quantitative estimate of drug-likeness (QED) is 0.289. The van der Waals surface area contributed by atoms with Crippen LogP contribution in [0, 0.1) is 6.92 Å². The van der Waals surface area contributed by atoms with Crippen LogP contribution >= 0.6 is 23.2 Å². The number of rotatable bonds is 3. The van der Waals surface area contributed by atoms with Gasteiger partial charge in [0, 0.05) is 42.8 Å². The Kier molecular flexibility index (Phi) is 5.37. The van der Waals surface area contributed by atoms with E-state index in [-0.39, 0.29) is 5.78 Å². The van der Waals surface area contributed by atoms with Crippen LogP contribution in [-0.4, -0.2) is 22.0 Å². The Morgan fingerprint density at radius 3 is 2.74 bits per heavy atom. The van der Waals surface area contributed by atoms with Crippen LogP contribution < -0.4 is 9.47 Å². The molecule has 0 unspecified atom stereocenters. The number of ether oxygens (including phenoxy) is 2. The van der Waals surface area contributed by atoms with Crippen molar-refractivity contribution in [1.29, 1.82) is 0 Å². The zero-order chi connectivity index (χ0) is 24.3. The molecule has 2 aliphatic rings. The van der Waals surface area contributed by atoms with Crippen molar-refractivity contribution in [3.8, 4) is 11.5 Å². The number of para-hydroxylation sites is 1. The second kappa shape index (κ2) is 8.45. The molecule has 0 spiro atoms. The minimum absolute atomic E-state index is 0.102.